The summed E-state index contributed by atoms with van der Waals surface area (Å²) in [6.45, 7) is -0.0619. The number of sulfone groups is 1. The van der Waals surface area contributed by atoms with E-state index in [0.717, 1.165) is 16.9 Å². The average Bonchev–Trinajstić information content (AvgIpc) is 2.93. The molecule has 5 nitrogen and oxygen atoms in total. The highest BCUT2D eigenvalue weighted by atomic mass is 32.2. The summed E-state index contributed by atoms with van der Waals surface area (Å²) in [5, 5.41) is 0. The number of ether oxygens (including phenoxy) is 1. The zero-order valence-corrected chi connectivity index (χ0v) is 14.7. The Morgan fingerprint density at radius 1 is 1.12 bits per heavy atom. The van der Waals surface area contributed by atoms with Gasteiger partial charge in [0.25, 0.3) is 0 Å². The summed E-state index contributed by atoms with van der Waals surface area (Å²) < 4.78 is 69.6. The lowest BCUT2D eigenvalue weighted by atomic mass is 10.2. The van der Waals surface area contributed by atoms with Crippen LogP contribution in [0, 0.1) is 0 Å². The van der Waals surface area contributed by atoms with E-state index in [1.165, 1.54) is 19.2 Å². The molecule has 0 atom stereocenters. The third-order valence-electron chi connectivity index (χ3n) is 3.90. The number of alkyl halides is 3. The van der Waals surface area contributed by atoms with E-state index in [0.29, 0.717) is 11.3 Å². The van der Waals surface area contributed by atoms with Gasteiger partial charge in [0.1, 0.15) is 5.75 Å². The predicted octanol–water partition coefficient (Wildman–Crippen LogP) is 3.52. The van der Waals surface area contributed by atoms with E-state index < -0.39 is 21.8 Å². The normalized spacial score (nSPS) is 12.5. The minimum absolute atomic E-state index is 0.0197. The Balaban J connectivity index is 2.14. The van der Waals surface area contributed by atoms with Crippen molar-refractivity contribution in [1.29, 1.82) is 0 Å². The Labute approximate surface area is 148 Å². The van der Waals surface area contributed by atoms with Crippen LogP contribution in [0.2, 0.25) is 0 Å². The fourth-order valence-electron chi connectivity index (χ4n) is 2.63. The Morgan fingerprint density at radius 2 is 1.77 bits per heavy atom. The third-order valence-corrected chi connectivity index (χ3v) is 5.01. The number of methoxy groups -OCH3 is 1. The molecule has 3 rings (SSSR count). The van der Waals surface area contributed by atoms with Gasteiger partial charge < -0.3 is 9.30 Å². The Bertz CT molecular complexity index is 1060. The van der Waals surface area contributed by atoms with Crippen LogP contribution in [-0.4, -0.2) is 31.3 Å². The quantitative estimate of drug-likeness (QED) is 0.691. The highest BCUT2D eigenvalue weighted by molar-refractivity contribution is 7.90. The number of aromatic nitrogens is 2. The molecule has 1 aromatic heterocycles. The molecule has 0 saturated heterocycles. The van der Waals surface area contributed by atoms with Crippen molar-refractivity contribution in [2.75, 3.05) is 13.4 Å². The number of halogens is 3. The van der Waals surface area contributed by atoms with Crippen LogP contribution in [0.4, 0.5) is 13.2 Å². The summed E-state index contributed by atoms with van der Waals surface area (Å²) in [4.78, 5) is 3.56. The van der Waals surface area contributed by atoms with Gasteiger partial charge >= 0.3 is 6.18 Å². The molecule has 138 valence electrons. The number of nitrogens with zero attached hydrogens (tertiary/aromatic N) is 2. The van der Waals surface area contributed by atoms with Crippen LogP contribution in [0.25, 0.3) is 11.0 Å². The monoisotopic (exact) mass is 384 g/mol. The molecule has 0 spiro atoms. The molecule has 9 heteroatoms. The molecule has 0 saturated carbocycles. The largest absolute Gasteiger partial charge is 0.497 e. The van der Waals surface area contributed by atoms with Crippen LogP contribution in [0.3, 0.4) is 0 Å². The first kappa shape index (κ1) is 18.2. The molecule has 0 aliphatic rings. The van der Waals surface area contributed by atoms with Crippen LogP contribution in [0.15, 0.2) is 47.4 Å². The topological polar surface area (TPSA) is 61.2 Å². The number of imidazole rings is 1. The molecule has 0 unspecified atom stereocenters. The zero-order chi connectivity index (χ0) is 19.1. The lowest BCUT2D eigenvalue weighted by molar-refractivity contribution is -0.146. The second kappa shape index (κ2) is 6.31. The Morgan fingerprint density at radius 3 is 2.31 bits per heavy atom. The standard InChI is InChI=1S/C17H15F3N2O3S/c1-25-12-5-3-11(4-6-12)10-22-15-8-7-13(26(2,23)24)9-14(15)21-16(22)17(18,19)20/h3-9H,10H2,1-2H3. The lowest BCUT2D eigenvalue weighted by Crippen LogP contribution is -2.15. The van der Waals surface area contributed by atoms with Crippen molar-refractivity contribution in [2.45, 2.75) is 17.6 Å². The molecule has 0 fully saturated rings. The van der Waals surface area contributed by atoms with Crippen molar-refractivity contribution in [3.8, 4) is 5.75 Å². The van der Waals surface area contributed by atoms with Crippen LogP contribution in [-0.2, 0) is 22.6 Å². The second-order valence-corrected chi connectivity index (χ2v) is 7.81. The third kappa shape index (κ3) is 3.52. The molecule has 2 aromatic carbocycles. The smallest absolute Gasteiger partial charge is 0.449 e. The van der Waals surface area contributed by atoms with E-state index in [1.54, 1.807) is 24.3 Å². The molecule has 0 radical (unpaired) electrons. The molecule has 0 N–H and O–H groups in total. The van der Waals surface area contributed by atoms with Gasteiger partial charge in [0.2, 0.25) is 5.82 Å². The maximum atomic E-state index is 13.4. The van der Waals surface area contributed by atoms with E-state index in [-0.39, 0.29) is 22.5 Å². The molecule has 3 aromatic rings. The van der Waals surface area contributed by atoms with Gasteiger partial charge in [-0.3, -0.25) is 0 Å². The summed E-state index contributed by atoms with van der Waals surface area (Å²) in [5.41, 5.74) is 0.817. The van der Waals surface area contributed by atoms with Crippen LogP contribution >= 0.6 is 0 Å². The van der Waals surface area contributed by atoms with E-state index in [4.69, 9.17) is 4.74 Å². The number of fused-ring (bicyclic) bond motifs is 1. The zero-order valence-electron chi connectivity index (χ0n) is 13.9. The van der Waals surface area contributed by atoms with Crippen molar-refractivity contribution >= 4 is 20.9 Å². The van der Waals surface area contributed by atoms with Crippen LogP contribution in [0.5, 0.6) is 5.75 Å². The molecule has 0 aliphatic heterocycles. The SMILES string of the molecule is COc1ccc(Cn2c(C(F)(F)F)nc3cc(S(C)(=O)=O)ccc32)cc1. The van der Waals surface area contributed by atoms with Crippen molar-refractivity contribution in [3.05, 3.63) is 53.9 Å². The molecule has 1 heterocycles. The molecule has 0 bridgehead atoms. The van der Waals surface area contributed by atoms with Crippen molar-refractivity contribution in [3.63, 3.8) is 0 Å². The summed E-state index contributed by atoms with van der Waals surface area (Å²) >= 11 is 0. The maximum Gasteiger partial charge on any atom is 0.449 e. The predicted molar refractivity (Wildman–Crippen MR) is 89.9 cm³/mol. The summed E-state index contributed by atoms with van der Waals surface area (Å²) in [6.07, 6.45) is -3.68. The van der Waals surface area contributed by atoms with Gasteiger partial charge in [-0.05, 0) is 35.9 Å². The van der Waals surface area contributed by atoms with Gasteiger partial charge in [-0.2, -0.15) is 13.2 Å². The van der Waals surface area contributed by atoms with Crippen molar-refractivity contribution < 1.29 is 26.3 Å². The van der Waals surface area contributed by atoms with Gasteiger partial charge in [-0.1, -0.05) is 12.1 Å². The molecular formula is C17H15F3N2O3S. The summed E-state index contributed by atoms with van der Waals surface area (Å²) in [7, 11) is -2.04. The number of rotatable bonds is 4. The first-order valence-corrected chi connectivity index (χ1v) is 9.39. The molecular weight excluding hydrogens is 369 g/mol. The molecule has 0 amide bonds. The fourth-order valence-corrected chi connectivity index (χ4v) is 3.27. The summed E-state index contributed by atoms with van der Waals surface area (Å²) in [5.74, 6) is -0.480. The second-order valence-electron chi connectivity index (χ2n) is 5.79. The van der Waals surface area contributed by atoms with Crippen molar-refractivity contribution in [2.24, 2.45) is 0 Å². The van der Waals surface area contributed by atoms with E-state index >= 15 is 0 Å². The van der Waals surface area contributed by atoms with Gasteiger partial charge in [0.05, 0.1) is 23.0 Å². The summed E-state index contributed by atoms with van der Waals surface area (Å²) in [6, 6.07) is 10.4. The highest BCUT2D eigenvalue weighted by Crippen LogP contribution is 2.33. The average molecular weight is 384 g/mol. The van der Waals surface area contributed by atoms with Crippen LogP contribution in [0.1, 0.15) is 11.4 Å². The molecule has 26 heavy (non-hydrogen) atoms. The first-order valence-electron chi connectivity index (χ1n) is 7.50. The van der Waals surface area contributed by atoms with E-state index in [1.807, 2.05) is 0 Å². The first-order chi connectivity index (χ1) is 12.1. The lowest BCUT2D eigenvalue weighted by Gasteiger charge is -2.12. The minimum Gasteiger partial charge on any atom is -0.497 e. The number of benzene rings is 2. The van der Waals surface area contributed by atoms with E-state index in [9.17, 15) is 21.6 Å². The fraction of sp³-hybridized carbons (Fsp3) is 0.235. The van der Waals surface area contributed by atoms with Gasteiger partial charge in [0, 0.05) is 12.8 Å². The van der Waals surface area contributed by atoms with Gasteiger partial charge in [-0.25, -0.2) is 13.4 Å². The molecule has 0 aliphatic carbocycles. The number of hydrogen-bond acceptors (Lipinski definition) is 4. The maximum absolute atomic E-state index is 13.4. The van der Waals surface area contributed by atoms with Gasteiger partial charge in [-0.15, -0.1) is 0 Å². The number of hydrogen-bond donors (Lipinski definition) is 0. The Hall–Kier alpha value is -2.55. The highest BCUT2D eigenvalue weighted by Gasteiger charge is 2.37. The van der Waals surface area contributed by atoms with E-state index in [2.05, 4.69) is 4.98 Å². The van der Waals surface area contributed by atoms with Crippen LogP contribution < -0.4 is 4.74 Å². The Kier molecular flexibility index (Phi) is 4.43. The minimum atomic E-state index is -4.67. The van der Waals surface area contributed by atoms with Gasteiger partial charge in [0.15, 0.2) is 9.84 Å². The van der Waals surface area contributed by atoms with Crippen molar-refractivity contribution in [1.82, 2.24) is 9.55 Å².